The molecule has 7 nitrogen and oxygen atoms in total. The summed E-state index contributed by atoms with van der Waals surface area (Å²) in [5.74, 6) is -1.84. The third-order valence-corrected chi connectivity index (χ3v) is 6.32. The molecule has 2 aliphatic rings. The first-order valence-electron chi connectivity index (χ1n) is 11.0. The first kappa shape index (κ1) is 23.2. The van der Waals surface area contributed by atoms with E-state index in [0.717, 1.165) is 5.56 Å². The van der Waals surface area contributed by atoms with E-state index in [1.165, 1.54) is 6.07 Å². The highest BCUT2D eigenvalue weighted by atomic mass is 19.4. The molecule has 1 aromatic carbocycles. The number of nitrogens with zero attached hydrogens (tertiary/aromatic N) is 2. The van der Waals surface area contributed by atoms with Crippen LogP contribution in [0.5, 0.6) is 0 Å². The predicted molar refractivity (Wildman–Crippen MR) is 115 cm³/mol. The molecule has 0 spiro atoms. The number of hydrogen-bond donors (Lipinski definition) is 3. The predicted octanol–water partition coefficient (Wildman–Crippen LogP) is 2.39. The van der Waals surface area contributed by atoms with E-state index in [1.54, 1.807) is 0 Å². The van der Waals surface area contributed by atoms with Gasteiger partial charge in [-0.25, -0.2) is 9.97 Å². The zero-order valence-corrected chi connectivity index (χ0v) is 18.0. The Labute approximate surface area is 189 Å². The topological polar surface area (TPSA) is 110 Å². The minimum atomic E-state index is -4.15. The van der Waals surface area contributed by atoms with Crippen molar-refractivity contribution in [2.24, 2.45) is 17.6 Å². The van der Waals surface area contributed by atoms with Crippen molar-refractivity contribution in [1.82, 2.24) is 20.6 Å². The Morgan fingerprint density at radius 1 is 1.09 bits per heavy atom. The number of primary amides is 1. The Balaban J connectivity index is 1.45. The number of nitrogens with two attached hydrogens (primary N) is 1. The van der Waals surface area contributed by atoms with E-state index in [0.29, 0.717) is 49.3 Å². The minimum absolute atomic E-state index is 0.00643. The second kappa shape index (κ2) is 9.46. The zero-order chi connectivity index (χ0) is 23.6. The Kier molecular flexibility index (Phi) is 6.64. The molecule has 2 amide bonds. The van der Waals surface area contributed by atoms with Gasteiger partial charge in [0.1, 0.15) is 5.69 Å². The number of amides is 2. The molecule has 0 bridgehead atoms. The zero-order valence-electron chi connectivity index (χ0n) is 18.0. The molecule has 3 heterocycles. The first-order valence-corrected chi connectivity index (χ1v) is 11.0. The van der Waals surface area contributed by atoms with Crippen LogP contribution >= 0.6 is 0 Å². The average molecular weight is 461 g/mol. The van der Waals surface area contributed by atoms with Crippen LogP contribution in [0.3, 0.4) is 0 Å². The van der Waals surface area contributed by atoms with E-state index in [4.69, 9.17) is 5.73 Å². The lowest BCUT2D eigenvalue weighted by Gasteiger charge is -2.31. The number of hydrogen-bond acceptors (Lipinski definition) is 5. The average Bonchev–Trinajstić information content (AvgIpc) is 3.18. The molecule has 0 aliphatic carbocycles. The van der Waals surface area contributed by atoms with E-state index in [1.807, 2.05) is 24.3 Å². The number of piperidine rings is 1. The SMILES string of the molecule is NC(=O)c1cc(C[C@H]2CCNC2=O)nc(-c2ccc(CC3CCC(C(F)(F)F)CN3)cc2)n1. The van der Waals surface area contributed by atoms with E-state index in [9.17, 15) is 22.8 Å². The maximum Gasteiger partial charge on any atom is 0.393 e. The van der Waals surface area contributed by atoms with Crippen molar-refractivity contribution in [1.29, 1.82) is 0 Å². The van der Waals surface area contributed by atoms with Crippen LogP contribution in [0.1, 0.15) is 41.0 Å². The van der Waals surface area contributed by atoms with Gasteiger partial charge in [0.05, 0.1) is 5.92 Å². The van der Waals surface area contributed by atoms with Gasteiger partial charge >= 0.3 is 6.18 Å². The molecular formula is C23H26F3N5O2. The van der Waals surface area contributed by atoms with Crippen molar-refractivity contribution in [2.45, 2.75) is 44.3 Å². The summed E-state index contributed by atoms with van der Waals surface area (Å²) in [4.78, 5) is 32.5. The molecule has 0 saturated carbocycles. The van der Waals surface area contributed by atoms with Crippen molar-refractivity contribution in [3.63, 3.8) is 0 Å². The number of benzene rings is 1. The first-order chi connectivity index (χ1) is 15.7. The van der Waals surface area contributed by atoms with E-state index < -0.39 is 18.0 Å². The highest BCUT2D eigenvalue weighted by molar-refractivity contribution is 5.91. The molecule has 2 aliphatic heterocycles. The number of halogens is 3. The summed E-state index contributed by atoms with van der Waals surface area (Å²) in [5, 5.41) is 5.80. The van der Waals surface area contributed by atoms with Crippen LogP contribution in [-0.2, 0) is 17.6 Å². The number of alkyl halides is 3. The molecular weight excluding hydrogens is 435 g/mol. The molecule has 4 N–H and O–H groups in total. The van der Waals surface area contributed by atoms with Gasteiger partial charge in [0.2, 0.25) is 5.91 Å². The Bertz CT molecular complexity index is 1020. The molecule has 1 aromatic heterocycles. The second-order valence-electron chi connectivity index (χ2n) is 8.74. The van der Waals surface area contributed by atoms with Crippen LogP contribution in [0.4, 0.5) is 13.2 Å². The van der Waals surface area contributed by atoms with Crippen molar-refractivity contribution < 1.29 is 22.8 Å². The fourth-order valence-electron chi connectivity index (χ4n) is 4.39. The van der Waals surface area contributed by atoms with E-state index >= 15 is 0 Å². The van der Waals surface area contributed by atoms with Crippen molar-refractivity contribution in [2.75, 3.05) is 13.1 Å². The van der Waals surface area contributed by atoms with Gasteiger partial charge in [0.15, 0.2) is 5.82 Å². The normalized spacial score (nSPS) is 23.4. The smallest absolute Gasteiger partial charge is 0.364 e. The molecule has 3 atom stereocenters. The molecule has 2 fully saturated rings. The number of nitrogens with one attached hydrogen (secondary N) is 2. The molecule has 10 heteroatoms. The summed E-state index contributed by atoms with van der Waals surface area (Å²) >= 11 is 0. The Morgan fingerprint density at radius 3 is 2.42 bits per heavy atom. The summed E-state index contributed by atoms with van der Waals surface area (Å²) in [5.41, 5.74) is 7.77. The van der Waals surface area contributed by atoms with Gasteiger partial charge in [0.25, 0.3) is 5.91 Å². The third-order valence-electron chi connectivity index (χ3n) is 6.32. The molecule has 176 valence electrons. The summed E-state index contributed by atoms with van der Waals surface area (Å²) in [6, 6.07) is 8.93. The summed E-state index contributed by atoms with van der Waals surface area (Å²) in [6.45, 7) is 0.570. The summed E-state index contributed by atoms with van der Waals surface area (Å²) in [7, 11) is 0. The van der Waals surface area contributed by atoms with Crippen LogP contribution in [0, 0.1) is 11.8 Å². The minimum Gasteiger partial charge on any atom is -0.364 e. The van der Waals surface area contributed by atoms with Gasteiger partial charge in [-0.2, -0.15) is 13.2 Å². The number of aromatic nitrogens is 2. The maximum absolute atomic E-state index is 12.8. The van der Waals surface area contributed by atoms with Crippen LogP contribution < -0.4 is 16.4 Å². The largest absolute Gasteiger partial charge is 0.393 e. The van der Waals surface area contributed by atoms with Gasteiger partial charge in [0, 0.05) is 42.7 Å². The van der Waals surface area contributed by atoms with E-state index in [2.05, 4.69) is 20.6 Å². The monoisotopic (exact) mass is 461 g/mol. The number of carbonyl (C=O) groups is 2. The Hall–Kier alpha value is -3.01. The molecule has 2 unspecified atom stereocenters. The quantitative estimate of drug-likeness (QED) is 0.612. The van der Waals surface area contributed by atoms with Crippen LogP contribution in [0.15, 0.2) is 30.3 Å². The second-order valence-corrected chi connectivity index (χ2v) is 8.74. The van der Waals surface area contributed by atoms with Crippen molar-refractivity contribution >= 4 is 11.8 Å². The fraction of sp³-hybridized carbons (Fsp3) is 0.478. The van der Waals surface area contributed by atoms with Crippen molar-refractivity contribution in [3.8, 4) is 11.4 Å². The number of carbonyl (C=O) groups excluding carboxylic acids is 2. The fourth-order valence-corrected chi connectivity index (χ4v) is 4.39. The molecule has 2 aromatic rings. The lowest BCUT2D eigenvalue weighted by atomic mass is 9.91. The maximum atomic E-state index is 12.8. The number of rotatable bonds is 6. The lowest BCUT2D eigenvalue weighted by Crippen LogP contribution is -2.45. The highest BCUT2D eigenvalue weighted by Crippen LogP contribution is 2.32. The van der Waals surface area contributed by atoms with Gasteiger partial charge in [-0.15, -0.1) is 0 Å². The standard InChI is InChI=1S/C23H26F3N5O2/c24-23(25,26)16-5-6-17(29-12-16)9-13-1-3-14(4-2-13)21-30-18(11-19(31-21)20(27)32)10-15-7-8-28-22(15)33/h1-4,11,15-17,29H,5-10,12H2,(H2,27,32)(H,28,33)/t15-,16?,17?/m1/s1. The molecule has 2 saturated heterocycles. The van der Waals surface area contributed by atoms with Gasteiger partial charge in [-0.05, 0) is 37.3 Å². The van der Waals surface area contributed by atoms with Gasteiger partial charge < -0.3 is 16.4 Å². The van der Waals surface area contributed by atoms with Crippen molar-refractivity contribution in [3.05, 3.63) is 47.3 Å². The van der Waals surface area contributed by atoms with Crippen LogP contribution in [-0.4, -0.2) is 47.1 Å². The van der Waals surface area contributed by atoms with Gasteiger partial charge in [-0.1, -0.05) is 24.3 Å². The van der Waals surface area contributed by atoms with Crippen LogP contribution in [0.2, 0.25) is 0 Å². The summed E-state index contributed by atoms with van der Waals surface area (Å²) < 4.78 is 38.5. The van der Waals surface area contributed by atoms with Gasteiger partial charge in [-0.3, -0.25) is 9.59 Å². The molecule has 33 heavy (non-hydrogen) atoms. The van der Waals surface area contributed by atoms with E-state index in [-0.39, 0.29) is 36.5 Å². The summed E-state index contributed by atoms with van der Waals surface area (Å²) in [6.07, 6.45) is -1.83. The molecule has 0 radical (unpaired) electrons. The van der Waals surface area contributed by atoms with Crippen LogP contribution in [0.25, 0.3) is 11.4 Å². The highest BCUT2D eigenvalue weighted by Gasteiger charge is 2.41. The lowest BCUT2D eigenvalue weighted by molar-refractivity contribution is -0.179. The Morgan fingerprint density at radius 2 is 1.85 bits per heavy atom. The molecule has 4 rings (SSSR count). The third kappa shape index (κ3) is 5.68.